The van der Waals surface area contributed by atoms with Gasteiger partial charge in [-0.3, -0.25) is 34.2 Å². The maximum Gasteiger partial charge on any atom is 0.262 e. The average molecular weight is 874 g/mol. The molecule has 1 aliphatic carbocycles. The van der Waals surface area contributed by atoms with Crippen molar-refractivity contribution >= 4 is 46.8 Å². The molecule has 1 atom stereocenters. The molecule has 1 unspecified atom stereocenters. The highest BCUT2D eigenvalue weighted by atomic mass is 35.5. The van der Waals surface area contributed by atoms with Crippen molar-refractivity contribution in [2.75, 3.05) is 37.6 Å². The summed E-state index contributed by atoms with van der Waals surface area (Å²) in [4.78, 5) is 76.4. The first-order chi connectivity index (χ1) is 30.0. The second-order valence-electron chi connectivity index (χ2n) is 19.0. The summed E-state index contributed by atoms with van der Waals surface area (Å²) in [5.41, 5.74) is 1.93. The van der Waals surface area contributed by atoms with Crippen LogP contribution >= 0.6 is 11.6 Å². The molecule has 5 amide bonds. The number of pyridine rings is 1. The highest BCUT2D eigenvalue weighted by molar-refractivity contribution is 6.31. The molecular formula is C48H49ClFN7O6. The molecule has 3 aromatic rings. The molecule has 1 aromatic heterocycles. The van der Waals surface area contributed by atoms with Gasteiger partial charge in [0.15, 0.2) is 0 Å². The second kappa shape index (κ2) is 16.1. The molecule has 9 rings (SSSR count). The van der Waals surface area contributed by atoms with Crippen molar-refractivity contribution in [1.29, 1.82) is 5.26 Å². The third kappa shape index (κ3) is 7.51. The van der Waals surface area contributed by atoms with Crippen molar-refractivity contribution in [3.63, 3.8) is 0 Å². The molecule has 0 radical (unpaired) electrons. The normalized spacial score (nSPS) is 24.6. The number of hydrogen-bond acceptors (Lipinski definition) is 10. The number of carbonyl (C=O) groups is 5. The number of likely N-dealkylation sites (tertiary alicyclic amines) is 1. The number of nitriles is 1. The lowest BCUT2D eigenvalue weighted by atomic mass is 9.49. The molecule has 15 heteroatoms. The van der Waals surface area contributed by atoms with Gasteiger partial charge in [0.05, 0.1) is 45.2 Å². The number of halogens is 2. The SMILES string of the molecule is CC1(C)C(Oc2ccc(C#N)c(Cl)c2)C(C)(C)C1N1Cc2nc(C#CC3CCN(CC4CCN(c5cc6c(cc5F)C(=O)N(C5CCC(=O)NC5=O)C6=O)CC4)CC3)ccc2C1=O. The summed E-state index contributed by atoms with van der Waals surface area (Å²) in [5.74, 6) is 4.89. The number of imide groups is 2. The molecule has 4 fully saturated rings. The smallest absolute Gasteiger partial charge is 0.262 e. The Morgan fingerprint density at radius 3 is 2.24 bits per heavy atom. The molecule has 63 heavy (non-hydrogen) atoms. The van der Waals surface area contributed by atoms with E-state index in [1.807, 2.05) is 21.9 Å². The van der Waals surface area contributed by atoms with Gasteiger partial charge in [-0.1, -0.05) is 45.2 Å². The van der Waals surface area contributed by atoms with Crippen LogP contribution in [-0.4, -0.2) is 100 Å². The Kier molecular flexibility index (Phi) is 10.8. The minimum atomic E-state index is -1.10. The van der Waals surface area contributed by atoms with E-state index in [2.05, 4.69) is 55.8 Å². The summed E-state index contributed by atoms with van der Waals surface area (Å²) in [6.07, 6.45) is 3.44. The number of carbonyl (C=O) groups excluding carboxylic acids is 5. The quantitative estimate of drug-likeness (QED) is 0.222. The number of piperidine rings is 3. The molecule has 6 aliphatic rings. The largest absolute Gasteiger partial charge is 0.489 e. The van der Waals surface area contributed by atoms with E-state index in [1.54, 1.807) is 18.2 Å². The van der Waals surface area contributed by atoms with E-state index in [9.17, 15) is 29.2 Å². The zero-order valence-electron chi connectivity index (χ0n) is 35.8. The first-order valence-electron chi connectivity index (χ1n) is 21.8. The summed E-state index contributed by atoms with van der Waals surface area (Å²) in [5, 5.41) is 11.8. The van der Waals surface area contributed by atoms with Gasteiger partial charge in [0.2, 0.25) is 11.8 Å². The number of hydrogen-bond donors (Lipinski definition) is 1. The Morgan fingerprint density at radius 2 is 1.57 bits per heavy atom. The number of rotatable bonds is 7. The maximum absolute atomic E-state index is 15.5. The molecular weight excluding hydrogens is 825 g/mol. The number of nitrogens with one attached hydrogen (secondary N) is 1. The van der Waals surface area contributed by atoms with Crippen molar-refractivity contribution < 1.29 is 33.1 Å². The van der Waals surface area contributed by atoms with E-state index in [0.29, 0.717) is 53.1 Å². The van der Waals surface area contributed by atoms with Gasteiger partial charge in [0.25, 0.3) is 17.7 Å². The molecule has 5 aliphatic heterocycles. The second-order valence-corrected chi connectivity index (χ2v) is 19.4. The zero-order chi connectivity index (χ0) is 44.5. The van der Waals surface area contributed by atoms with Crippen molar-refractivity contribution in [3.8, 4) is 23.7 Å². The van der Waals surface area contributed by atoms with E-state index in [1.165, 1.54) is 6.07 Å². The van der Waals surface area contributed by atoms with Gasteiger partial charge >= 0.3 is 0 Å². The van der Waals surface area contributed by atoms with Crippen molar-refractivity contribution in [3.05, 3.63) is 86.9 Å². The van der Waals surface area contributed by atoms with Crippen LogP contribution in [0.5, 0.6) is 5.75 Å². The van der Waals surface area contributed by atoms with Crippen LogP contribution in [0.15, 0.2) is 42.5 Å². The summed E-state index contributed by atoms with van der Waals surface area (Å²) in [6.45, 7) is 12.9. The fourth-order valence-electron chi connectivity index (χ4n) is 11.4. The highest BCUT2D eigenvalue weighted by Gasteiger charge is 2.67. The molecule has 326 valence electrons. The molecule has 0 spiro atoms. The Bertz CT molecular complexity index is 2550. The topological polar surface area (TPSA) is 156 Å². The molecule has 3 saturated heterocycles. The fourth-order valence-corrected chi connectivity index (χ4v) is 11.6. The predicted octanol–water partition coefficient (Wildman–Crippen LogP) is 5.97. The molecule has 13 nitrogen and oxygen atoms in total. The van der Waals surface area contributed by atoms with Crippen LogP contribution in [0.1, 0.15) is 114 Å². The lowest BCUT2D eigenvalue weighted by Crippen LogP contribution is -2.74. The monoisotopic (exact) mass is 873 g/mol. The number of benzene rings is 2. The number of aromatic nitrogens is 1. The van der Waals surface area contributed by atoms with Crippen molar-refractivity contribution in [2.24, 2.45) is 22.7 Å². The maximum atomic E-state index is 15.5. The predicted molar refractivity (Wildman–Crippen MR) is 230 cm³/mol. The third-order valence-corrected chi connectivity index (χ3v) is 14.5. The van der Waals surface area contributed by atoms with E-state index in [4.69, 9.17) is 21.3 Å². The minimum absolute atomic E-state index is 0.0159. The highest BCUT2D eigenvalue weighted by Crippen LogP contribution is 2.59. The standard InChI is InChI=1S/C48H49ClFN7O6/c1-47(2)45(48(3,4)46(47)63-31-9-6-29(24-51)35(49)21-31)56-26-37-32(42(56)60)10-8-30(52-37)7-5-27-13-17-54(18-14-27)25-28-15-19-55(20-16-28)39-23-34-33(22-36(39)50)43(61)57(44(34)62)38-11-12-40(58)53-41(38)59/h6,8-10,21-23,27-28,38,45-46H,11-20,25-26H2,1-4H3,(H,53,58,59). The number of anilines is 1. The first-order valence-corrected chi connectivity index (χ1v) is 22.1. The van der Waals surface area contributed by atoms with Crippen molar-refractivity contribution in [1.82, 2.24) is 25.0 Å². The summed E-state index contributed by atoms with van der Waals surface area (Å²) >= 11 is 6.29. The lowest BCUT2D eigenvalue weighted by Gasteiger charge is -2.65. The summed E-state index contributed by atoms with van der Waals surface area (Å²) < 4.78 is 21.9. The number of nitrogens with zero attached hydrogens (tertiary/aromatic N) is 6. The first kappa shape index (κ1) is 42.5. The van der Waals surface area contributed by atoms with Crippen LogP contribution in [0.25, 0.3) is 0 Å². The summed E-state index contributed by atoms with van der Waals surface area (Å²) in [7, 11) is 0. The van der Waals surface area contributed by atoms with Crippen LogP contribution in [0, 0.1) is 51.7 Å². The Hall–Kier alpha value is -5.83. The average Bonchev–Trinajstić information content (AvgIpc) is 3.68. The Balaban J connectivity index is 0.757. The Labute approximate surface area is 370 Å². The van der Waals surface area contributed by atoms with Crippen LogP contribution in [-0.2, 0) is 16.1 Å². The van der Waals surface area contributed by atoms with Crippen LogP contribution in [0.2, 0.25) is 5.02 Å². The molecule has 6 heterocycles. The third-order valence-electron chi connectivity index (χ3n) is 14.1. The van der Waals surface area contributed by atoms with E-state index < -0.39 is 35.5 Å². The fraction of sp³-hybridized carbons (Fsp3) is 0.479. The molecule has 0 bridgehead atoms. The minimum Gasteiger partial charge on any atom is -0.489 e. The van der Waals surface area contributed by atoms with Crippen molar-refractivity contribution in [2.45, 2.75) is 91.0 Å². The zero-order valence-corrected chi connectivity index (χ0v) is 36.6. The van der Waals surface area contributed by atoms with Crippen LogP contribution in [0.3, 0.4) is 0 Å². The van der Waals surface area contributed by atoms with Gasteiger partial charge in [-0.15, -0.1) is 0 Å². The van der Waals surface area contributed by atoms with Gasteiger partial charge in [-0.25, -0.2) is 9.37 Å². The molecule has 1 saturated carbocycles. The van der Waals surface area contributed by atoms with Crippen LogP contribution < -0.4 is 15.0 Å². The van der Waals surface area contributed by atoms with Gasteiger partial charge in [-0.2, -0.15) is 5.26 Å². The van der Waals surface area contributed by atoms with Gasteiger partial charge in [-0.05, 0) is 93.4 Å². The molecule has 1 N–H and O–H groups in total. The summed E-state index contributed by atoms with van der Waals surface area (Å²) in [6, 6.07) is 12.2. The van der Waals surface area contributed by atoms with Gasteiger partial charge in [0, 0.05) is 54.9 Å². The van der Waals surface area contributed by atoms with Gasteiger partial charge < -0.3 is 19.4 Å². The number of amides is 5. The number of fused-ring (bicyclic) bond motifs is 2. The van der Waals surface area contributed by atoms with E-state index in [-0.39, 0.29) is 64.5 Å². The molecule has 2 aromatic carbocycles. The van der Waals surface area contributed by atoms with E-state index in [0.717, 1.165) is 62.0 Å². The van der Waals surface area contributed by atoms with E-state index >= 15 is 4.39 Å². The van der Waals surface area contributed by atoms with Crippen LogP contribution in [0.4, 0.5) is 10.1 Å². The lowest BCUT2D eigenvalue weighted by molar-refractivity contribution is -0.199. The van der Waals surface area contributed by atoms with Gasteiger partial charge in [0.1, 0.15) is 35.5 Å². The number of ether oxygens (including phenoxy) is 1. The Morgan fingerprint density at radius 1 is 0.873 bits per heavy atom.